The molecule has 4 aliphatic carbocycles. The third-order valence-corrected chi connectivity index (χ3v) is 9.57. The van der Waals surface area contributed by atoms with Crippen LogP contribution in [0.1, 0.15) is 46.0 Å². The summed E-state index contributed by atoms with van der Waals surface area (Å²) < 4.78 is 18.2. The molecule has 2 N–H and O–H groups in total. The first-order chi connectivity index (χ1) is 13.7. The van der Waals surface area contributed by atoms with Crippen molar-refractivity contribution in [2.45, 2.75) is 76.8 Å². The summed E-state index contributed by atoms with van der Waals surface area (Å²) >= 11 is 0. The quantitative estimate of drug-likeness (QED) is 0.502. The molecule has 7 heteroatoms. The van der Waals surface area contributed by atoms with E-state index >= 15 is 0 Å². The highest BCUT2D eigenvalue weighted by Gasteiger charge is 2.84. The lowest BCUT2D eigenvalue weighted by Gasteiger charge is -2.75. The van der Waals surface area contributed by atoms with E-state index in [1.807, 2.05) is 0 Å². The van der Waals surface area contributed by atoms with Gasteiger partial charge in [-0.15, -0.1) is 0 Å². The van der Waals surface area contributed by atoms with Gasteiger partial charge in [0.2, 0.25) is 0 Å². The second-order valence-electron chi connectivity index (χ2n) is 10.4. The Bertz CT molecular complexity index is 839. The van der Waals surface area contributed by atoms with Crippen LogP contribution in [0.5, 0.6) is 0 Å². The second-order valence-corrected chi connectivity index (χ2v) is 10.4. The van der Waals surface area contributed by atoms with Gasteiger partial charge in [-0.25, -0.2) is 0 Å². The molecule has 4 saturated carbocycles. The maximum absolute atomic E-state index is 13.6. The van der Waals surface area contributed by atoms with Crippen LogP contribution in [-0.2, 0) is 23.8 Å². The summed E-state index contributed by atoms with van der Waals surface area (Å²) in [6.07, 6.45) is -0.0457. The number of esters is 1. The van der Waals surface area contributed by atoms with Crippen LogP contribution >= 0.6 is 0 Å². The zero-order valence-electron chi connectivity index (χ0n) is 16.8. The first-order valence-corrected chi connectivity index (χ1v) is 10.8. The zero-order valence-corrected chi connectivity index (χ0v) is 16.8. The smallest absolute Gasteiger partial charge is 0.302 e. The van der Waals surface area contributed by atoms with Crippen molar-refractivity contribution in [3.05, 3.63) is 12.2 Å². The fraction of sp³-hybridized carbons (Fsp3) is 0.818. The molecule has 3 saturated heterocycles. The number of hydrogen-bond donors (Lipinski definition) is 2. The number of rotatable bonds is 1. The lowest BCUT2D eigenvalue weighted by atomic mass is 9.36. The van der Waals surface area contributed by atoms with Crippen LogP contribution < -0.4 is 0 Å². The predicted octanol–water partition coefficient (Wildman–Crippen LogP) is 1.31. The summed E-state index contributed by atoms with van der Waals surface area (Å²) in [4.78, 5) is 25.6. The van der Waals surface area contributed by atoms with Gasteiger partial charge in [-0.05, 0) is 37.2 Å². The Morgan fingerprint density at radius 2 is 2.00 bits per heavy atom. The summed E-state index contributed by atoms with van der Waals surface area (Å²) in [6, 6.07) is 0. The lowest BCUT2D eigenvalue weighted by Crippen LogP contribution is -2.81. The number of fused-ring (bicyclic) bond motifs is 1. The maximum atomic E-state index is 13.6. The summed E-state index contributed by atoms with van der Waals surface area (Å²) in [5, 5.41) is 22.2. The van der Waals surface area contributed by atoms with Crippen LogP contribution in [-0.4, -0.2) is 52.9 Å². The molecular weight excluding hydrogens is 376 g/mol. The number of carbonyl (C=O) groups is 2. The number of Topliss-reactive ketones (excluding diaryl/α,β-unsaturated/α-hetero) is 1. The molecule has 3 aliphatic heterocycles. The minimum Gasteiger partial charge on any atom is -0.462 e. The van der Waals surface area contributed by atoms with Gasteiger partial charge in [0.1, 0.15) is 6.10 Å². The number of hydrogen-bond acceptors (Lipinski definition) is 7. The standard InChI is InChI=1S/C22H28O7/c1-9-11-7-12(27-10(2)23)15-21-6-4-5-20(3)13(21)8-14(28-19(21)29-18(20)26)22(15,16(9)24)17(11)25/h11-15,17-19,25-26H,1,4-8H2,2-3H3/t11-,12-,13+,14+,15-,17+,18-,19-,20-,21-,22+/m0/s1. The lowest BCUT2D eigenvalue weighted by molar-refractivity contribution is -0.468. The van der Waals surface area contributed by atoms with Gasteiger partial charge in [-0.1, -0.05) is 19.9 Å². The number of ketones is 1. The van der Waals surface area contributed by atoms with Gasteiger partial charge < -0.3 is 24.4 Å². The average molecular weight is 404 g/mol. The minimum atomic E-state index is -1.14. The van der Waals surface area contributed by atoms with Gasteiger partial charge in [0, 0.05) is 29.6 Å². The molecule has 7 rings (SSSR count). The van der Waals surface area contributed by atoms with Crippen molar-refractivity contribution in [2.75, 3.05) is 0 Å². The topological polar surface area (TPSA) is 102 Å². The zero-order chi connectivity index (χ0) is 20.5. The molecular formula is C22H28O7. The number of ether oxygens (including phenoxy) is 3. The molecule has 7 bridgehead atoms. The maximum Gasteiger partial charge on any atom is 0.302 e. The molecule has 0 aromatic heterocycles. The number of aliphatic hydroxyl groups is 2. The largest absolute Gasteiger partial charge is 0.462 e. The SMILES string of the molecule is C=C1C(=O)[C@]23[C@H](O)[C@H]1C[C@H](OC(C)=O)[C@H]2[C@]12CCC[C@@]4(C)[C@H]1C[C@H]3O[C@H]2O[C@@H]4O. The van der Waals surface area contributed by atoms with E-state index in [4.69, 9.17) is 14.2 Å². The van der Waals surface area contributed by atoms with Gasteiger partial charge in [-0.3, -0.25) is 9.59 Å². The molecule has 29 heavy (non-hydrogen) atoms. The molecule has 0 aromatic carbocycles. The van der Waals surface area contributed by atoms with E-state index < -0.39 is 59.0 Å². The van der Waals surface area contributed by atoms with Gasteiger partial charge >= 0.3 is 5.97 Å². The van der Waals surface area contributed by atoms with E-state index in [-0.39, 0.29) is 17.7 Å². The highest BCUT2D eigenvalue weighted by Crippen LogP contribution is 2.77. The van der Waals surface area contributed by atoms with Crippen molar-refractivity contribution in [3.63, 3.8) is 0 Å². The Morgan fingerprint density at radius 3 is 2.72 bits per heavy atom. The fourth-order valence-corrected chi connectivity index (χ4v) is 8.66. The molecule has 0 amide bonds. The van der Waals surface area contributed by atoms with Gasteiger partial charge in [-0.2, -0.15) is 0 Å². The monoisotopic (exact) mass is 404 g/mol. The second kappa shape index (κ2) is 5.31. The third kappa shape index (κ3) is 1.75. The van der Waals surface area contributed by atoms with E-state index in [1.54, 1.807) is 0 Å². The Balaban J connectivity index is 1.60. The van der Waals surface area contributed by atoms with E-state index in [1.165, 1.54) is 6.92 Å². The van der Waals surface area contributed by atoms with Crippen molar-refractivity contribution in [2.24, 2.45) is 34.0 Å². The molecule has 0 radical (unpaired) electrons. The van der Waals surface area contributed by atoms with Crippen LogP contribution in [0.15, 0.2) is 12.2 Å². The molecule has 11 atom stereocenters. The Hall–Kier alpha value is -1.28. The molecule has 3 heterocycles. The molecule has 0 aromatic rings. The molecule has 7 aliphatic rings. The van der Waals surface area contributed by atoms with E-state index in [0.29, 0.717) is 18.4 Å². The Labute approximate surface area is 169 Å². The normalized spacial score (nSPS) is 59.4. The average Bonchev–Trinajstić information content (AvgIpc) is 2.77. The van der Waals surface area contributed by atoms with Crippen LogP contribution in [0.4, 0.5) is 0 Å². The molecule has 2 spiro atoms. The summed E-state index contributed by atoms with van der Waals surface area (Å²) in [7, 11) is 0. The van der Waals surface area contributed by atoms with Crippen LogP contribution in [0.3, 0.4) is 0 Å². The van der Waals surface area contributed by atoms with Gasteiger partial charge in [0.05, 0.1) is 17.6 Å². The van der Waals surface area contributed by atoms with Crippen molar-refractivity contribution in [1.82, 2.24) is 0 Å². The highest BCUT2D eigenvalue weighted by molar-refractivity contribution is 6.04. The van der Waals surface area contributed by atoms with Crippen molar-refractivity contribution in [3.8, 4) is 0 Å². The number of carbonyl (C=O) groups excluding carboxylic acids is 2. The molecule has 7 nitrogen and oxygen atoms in total. The summed E-state index contributed by atoms with van der Waals surface area (Å²) in [5.74, 6) is -1.25. The summed E-state index contributed by atoms with van der Waals surface area (Å²) in [5.41, 5.74) is -1.74. The van der Waals surface area contributed by atoms with Crippen LogP contribution in [0.2, 0.25) is 0 Å². The molecule has 0 unspecified atom stereocenters. The van der Waals surface area contributed by atoms with Gasteiger partial charge in [0.25, 0.3) is 0 Å². The molecule has 158 valence electrons. The Kier molecular flexibility index (Phi) is 3.38. The van der Waals surface area contributed by atoms with Gasteiger partial charge in [0.15, 0.2) is 18.4 Å². The van der Waals surface area contributed by atoms with E-state index in [0.717, 1.165) is 19.3 Å². The minimum absolute atomic E-state index is 0.0790. The Morgan fingerprint density at radius 1 is 1.24 bits per heavy atom. The highest BCUT2D eigenvalue weighted by atomic mass is 16.7. The van der Waals surface area contributed by atoms with Crippen LogP contribution in [0, 0.1) is 34.0 Å². The van der Waals surface area contributed by atoms with Crippen LogP contribution in [0.25, 0.3) is 0 Å². The predicted molar refractivity (Wildman–Crippen MR) is 98.0 cm³/mol. The van der Waals surface area contributed by atoms with Crippen molar-refractivity contribution in [1.29, 1.82) is 0 Å². The first-order valence-electron chi connectivity index (χ1n) is 10.8. The van der Waals surface area contributed by atoms with E-state index in [9.17, 15) is 19.8 Å². The summed E-state index contributed by atoms with van der Waals surface area (Å²) in [6.45, 7) is 7.46. The van der Waals surface area contributed by atoms with Crippen molar-refractivity contribution >= 4 is 11.8 Å². The van der Waals surface area contributed by atoms with Crippen molar-refractivity contribution < 1.29 is 34.0 Å². The van der Waals surface area contributed by atoms with E-state index in [2.05, 4.69) is 13.5 Å². The third-order valence-electron chi connectivity index (χ3n) is 9.57. The number of aliphatic hydroxyl groups excluding tert-OH is 2. The first kappa shape index (κ1) is 18.5. The fourth-order valence-electron chi connectivity index (χ4n) is 8.66. The molecule has 7 fully saturated rings.